The molecule has 3 aromatic rings. The maximum atomic E-state index is 16.5. The summed E-state index contributed by atoms with van der Waals surface area (Å²) in [7, 11) is -4.59. The Hall–Kier alpha value is -3.73. The number of ether oxygens (including phenoxy) is 2. The van der Waals surface area contributed by atoms with Gasteiger partial charge in [-0.15, -0.1) is 0 Å². The number of halogens is 6. The number of fused-ring (bicyclic) bond motifs is 1. The molecule has 2 aliphatic carbocycles. The third kappa shape index (κ3) is 10.3. The van der Waals surface area contributed by atoms with Gasteiger partial charge in [0, 0.05) is 24.7 Å². The molecule has 3 aliphatic rings. The number of nitrogens with zero attached hydrogens (tertiary/aromatic N) is 1. The van der Waals surface area contributed by atoms with Gasteiger partial charge in [-0.2, -0.15) is 26.7 Å². The van der Waals surface area contributed by atoms with E-state index in [2.05, 4.69) is 4.72 Å². The minimum atomic E-state index is -5.08. The smallest absolute Gasteiger partial charge is 0.490 e. The second-order valence-corrected chi connectivity index (χ2v) is 15.6. The summed E-state index contributed by atoms with van der Waals surface area (Å²) in [5.41, 5.74) is 5.41. The number of rotatable bonds is 10. The lowest BCUT2D eigenvalue weighted by atomic mass is 9.98. The number of carboxylic acid groups (broad SMARTS) is 1. The normalized spacial score (nSPS) is 18.4. The number of amides is 1. The number of carboxylic acids is 1. The highest BCUT2D eigenvalue weighted by molar-refractivity contribution is 7.89. The van der Waals surface area contributed by atoms with Crippen molar-refractivity contribution in [3.63, 3.8) is 0 Å². The molecular weight excluding hydrogens is 749 g/mol. The van der Waals surface area contributed by atoms with Crippen LogP contribution in [-0.4, -0.2) is 73.9 Å². The molecule has 0 radical (unpaired) electrons. The minimum absolute atomic E-state index is 0.0783. The van der Waals surface area contributed by atoms with E-state index in [1.54, 1.807) is 18.2 Å². The number of piperidine rings is 1. The van der Waals surface area contributed by atoms with Gasteiger partial charge in [0.25, 0.3) is 5.92 Å². The molecule has 10 nitrogen and oxygen atoms in total. The van der Waals surface area contributed by atoms with Gasteiger partial charge in [-0.25, -0.2) is 13.2 Å². The van der Waals surface area contributed by atoms with E-state index in [-0.39, 0.29) is 47.0 Å². The van der Waals surface area contributed by atoms with Crippen LogP contribution in [0.2, 0.25) is 5.02 Å². The molecule has 1 heterocycles. The van der Waals surface area contributed by atoms with E-state index in [9.17, 15) is 26.4 Å². The van der Waals surface area contributed by atoms with E-state index in [1.807, 2.05) is 6.07 Å². The zero-order valence-corrected chi connectivity index (χ0v) is 30.2. The Bertz CT molecular complexity index is 1880. The predicted octanol–water partition coefficient (Wildman–Crippen LogP) is 7.16. The fourth-order valence-electron chi connectivity index (χ4n) is 6.60. The van der Waals surface area contributed by atoms with Gasteiger partial charge in [-0.1, -0.05) is 29.8 Å². The summed E-state index contributed by atoms with van der Waals surface area (Å²) < 4.78 is 106. The molecule has 290 valence electrons. The average Bonchev–Trinajstić information content (AvgIpc) is 3.83. The molecule has 0 bridgehead atoms. The lowest BCUT2D eigenvalue weighted by molar-refractivity contribution is -0.192. The van der Waals surface area contributed by atoms with Gasteiger partial charge in [0.05, 0.1) is 22.1 Å². The first-order chi connectivity index (χ1) is 24.9. The molecule has 4 N–H and O–H groups in total. The average molecular weight is 790 g/mol. The van der Waals surface area contributed by atoms with E-state index < -0.39 is 45.6 Å². The lowest BCUT2D eigenvalue weighted by Gasteiger charge is -2.35. The van der Waals surface area contributed by atoms with Crippen LogP contribution in [0.15, 0.2) is 59.5 Å². The quantitative estimate of drug-likeness (QED) is 0.184. The largest absolute Gasteiger partial charge is 0.490 e. The maximum Gasteiger partial charge on any atom is 0.490 e. The van der Waals surface area contributed by atoms with E-state index in [0.717, 1.165) is 68.9 Å². The molecule has 1 aliphatic heterocycles. The number of nitrogens with two attached hydrogens (primary N) is 1. The number of nitrogens with one attached hydrogen (secondary N) is 1. The highest BCUT2D eigenvalue weighted by Gasteiger charge is 2.50. The zero-order valence-electron chi connectivity index (χ0n) is 28.6. The van der Waals surface area contributed by atoms with Crippen molar-refractivity contribution in [2.75, 3.05) is 13.1 Å². The summed E-state index contributed by atoms with van der Waals surface area (Å²) in [6.07, 6.45) is 3.57. The summed E-state index contributed by atoms with van der Waals surface area (Å²) in [6.45, 7) is 0.290. The van der Waals surface area contributed by atoms with E-state index in [0.29, 0.717) is 24.0 Å². The number of sulfonamides is 1. The second kappa shape index (κ2) is 16.7. The zero-order chi connectivity index (χ0) is 38.6. The Morgan fingerprint density at radius 3 is 1.96 bits per heavy atom. The van der Waals surface area contributed by atoms with Crippen LogP contribution in [0.4, 0.5) is 22.0 Å². The van der Waals surface area contributed by atoms with Crippen LogP contribution < -0.4 is 19.9 Å². The molecule has 3 fully saturated rings. The molecule has 1 amide bonds. The van der Waals surface area contributed by atoms with Gasteiger partial charge in [-0.3, -0.25) is 4.79 Å². The molecule has 53 heavy (non-hydrogen) atoms. The summed E-state index contributed by atoms with van der Waals surface area (Å²) in [4.78, 5) is 23.7. The number of benzene rings is 3. The number of likely N-dealkylation sites (tertiary alicyclic amines) is 1. The predicted molar refractivity (Wildman–Crippen MR) is 187 cm³/mol. The molecule has 1 unspecified atom stereocenters. The molecule has 1 atom stereocenters. The van der Waals surface area contributed by atoms with Crippen molar-refractivity contribution in [1.82, 2.24) is 9.62 Å². The summed E-state index contributed by atoms with van der Waals surface area (Å²) >= 11 is 6.31. The Balaban J connectivity index is 0.000000705. The first-order valence-electron chi connectivity index (χ1n) is 17.4. The number of hydrogen-bond acceptors (Lipinski definition) is 7. The summed E-state index contributed by atoms with van der Waals surface area (Å²) in [5, 5.41) is 8.62. The van der Waals surface area contributed by atoms with Crippen molar-refractivity contribution in [3.05, 3.63) is 65.2 Å². The highest BCUT2D eigenvalue weighted by atomic mass is 35.5. The van der Waals surface area contributed by atoms with Crippen molar-refractivity contribution in [2.24, 2.45) is 5.73 Å². The van der Waals surface area contributed by atoms with Gasteiger partial charge in [-0.05, 0) is 111 Å². The van der Waals surface area contributed by atoms with Gasteiger partial charge in [0.2, 0.25) is 15.9 Å². The summed E-state index contributed by atoms with van der Waals surface area (Å²) in [5.74, 6) is -6.96. The number of hydrogen-bond donors (Lipinski definition) is 3. The number of aliphatic carboxylic acids is 1. The van der Waals surface area contributed by atoms with Crippen LogP contribution in [0.5, 0.6) is 11.5 Å². The minimum Gasteiger partial charge on any atom is -0.490 e. The second-order valence-electron chi connectivity index (χ2n) is 13.5. The monoisotopic (exact) mass is 789 g/mol. The van der Waals surface area contributed by atoms with Crippen molar-refractivity contribution in [2.45, 2.75) is 105 Å². The number of carbonyl (C=O) groups excluding carboxylic acids is 1. The fraction of sp³-hybridized carbons (Fsp3) is 0.500. The Morgan fingerprint density at radius 1 is 0.830 bits per heavy atom. The highest BCUT2D eigenvalue weighted by Crippen LogP contribution is 2.39. The maximum absolute atomic E-state index is 16.5. The third-order valence-electron chi connectivity index (χ3n) is 9.59. The van der Waals surface area contributed by atoms with E-state index in [1.165, 1.54) is 23.1 Å². The van der Waals surface area contributed by atoms with E-state index in [4.69, 9.17) is 36.7 Å². The van der Waals surface area contributed by atoms with Crippen LogP contribution in [-0.2, 0) is 25.5 Å². The molecule has 17 heteroatoms. The summed E-state index contributed by atoms with van der Waals surface area (Å²) in [6, 6.07) is 10.6. The molecule has 0 spiro atoms. The van der Waals surface area contributed by atoms with Gasteiger partial charge < -0.3 is 25.2 Å². The van der Waals surface area contributed by atoms with Crippen LogP contribution in [0.3, 0.4) is 0 Å². The molecular formula is C36H41ClF5N3O7S. The number of alkyl halides is 5. The van der Waals surface area contributed by atoms with Crippen molar-refractivity contribution in [3.8, 4) is 11.5 Å². The fourth-order valence-corrected chi connectivity index (χ4v) is 7.99. The first kappa shape index (κ1) is 40.5. The van der Waals surface area contributed by atoms with Crippen LogP contribution >= 0.6 is 11.6 Å². The number of carbonyl (C=O) groups is 2. The molecule has 1 saturated heterocycles. The Morgan fingerprint density at radius 2 is 1.38 bits per heavy atom. The third-order valence-corrected chi connectivity index (χ3v) is 11.3. The van der Waals surface area contributed by atoms with Gasteiger partial charge in [0.1, 0.15) is 11.5 Å². The molecule has 6 rings (SSSR count). The van der Waals surface area contributed by atoms with Crippen LogP contribution in [0.1, 0.15) is 69.8 Å². The first-order valence-corrected chi connectivity index (χ1v) is 19.2. The van der Waals surface area contributed by atoms with Crippen molar-refractivity contribution in [1.29, 1.82) is 0 Å². The standard InChI is InChI=1S/C34H40ClF2N3O5S.C2HF3O2/c35-30-14-11-24(21-31(30)45-27-7-3-4-8-27)34(36,37)32(33(41)40-17-15-25(38)16-18-40)39-46(42,43)29-13-10-22-19-28(12-9-23(22)20-29)44-26-5-1-2-6-26;3-2(4,5)1(6)7/h9-14,19-21,25-27,32,39H,1-8,15-18,38H2;(H,6,7). The SMILES string of the molecule is NC1CCN(C(=O)C(NS(=O)(=O)c2ccc3cc(OC4CCCC4)ccc3c2)C(F)(F)c2ccc(Cl)c(OC3CCCC3)c2)CC1.O=C(O)C(F)(F)F. The molecule has 0 aromatic heterocycles. The molecule has 3 aromatic carbocycles. The van der Waals surface area contributed by atoms with Gasteiger partial charge in [0.15, 0.2) is 6.04 Å². The Labute approximate surface area is 308 Å². The lowest BCUT2D eigenvalue weighted by Crippen LogP contribution is -2.58. The van der Waals surface area contributed by atoms with E-state index >= 15 is 8.78 Å². The van der Waals surface area contributed by atoms with Crippen molar-refractivity contribution < 1.29 is 54.5 Å². The molecule has 2 saturated carbocycles. The van der Waals surface area contributed by atoms with Crippen LogP contribution in [0, 0.1) is 0 Å². The Kier molecular flexibility index (Phi) is 12.8. The van der Waals surface area contributed by atoms with Crippen molar-refractivity contribution >= 4 is 44.3 Å². The van der Waals surface area contributed by atoms with Gasteiger partial charge >= 0.3 is 12.1 Å². The topological polar surface area (TPSA) is 148 Å². The van der Waals surface area contributed by atoms with Crippen LogP contribution in [0.25, 0.3) is 10.8 Å².